The highest BCUT2D eigenvalue weighted by atomic mass is 79.9. The molecule has 0 radical (unpaired) electrons. The van der Waals surface area contributed by atoms with Crippen LogP contribution in [0.4, 0.5) is 5.82 Å². The number of anilines is 1. The van der Waals surface area contributed by atoms with Gasteiger partial charge >= 0.3 is 0 Å². The molecule has 0 bridgehead atoms. The van der Waals surface area contributed by atoms with Crippen molar-refractivity contribution in [2.75, 3.05) is 5.73 Å². The van der Waals surface area contributed by atoms with Crippen LogP contribution in [0.5, 0.6) is 0 Å². The number of fused-ring (bicyclic) bond motifs is 1. The summed E-state index contributed by atoms with van der Waals surface area (Å²) < 4.78 is 3.98. The first kappa shape index (κ1) is 13.6. The molecule has 0 spiro atoms. The van der Waals surface area contributed by atoms with Crippen molar-refractivity contribution in [1.82, 2.24) is 9.38 Å². The van der Waals surface area contributed by atoms with Crippen LogP contribution in [0.3, 0.4) is 0 Å². The molecule has 3 aromatic rings. The molecular formula is C15H13Br2N3. The number of aromatic nitrogens is 2. The summed E-state index contributed by atoms with van der Waals surface area (Å²) in [6.45, 7) is 4.10. The van der Waals surface area contributed by atoms with Crippen molar-refractivity contribution in [2.45, 2.75) is 13.8 Å². The minimum absolute atomic E-state index is 0.673. The maximum absolute atomic E-state index is 6.28. The minimum atomic E-state index is 0.673. The molecule has 3 nitrogen and oxygen atoms in total. The number of hydrogen-bond donors (Lipinski definition) is 1. The first-order valence-electron chi connectivity index (χ1n) is 6.18. The van der Waals surface area contributed by atoms with Gasteiger partial charge in [0.15, 0.2) is 0 Å². The lowest BCUT2D eigenvalue weighted by Gasteiger charge is -2.04. The Morgan fingerprint density at radius 1 is 1.05 bits per heavy atom. The lowest BCUT2D eigenvalue weighted by Crippen LogP contribution is -1.98. The maximum Gasteiger partial charge on any atom is 0.139 e. The summed E-state index contributed by atoms with van der Waals surface area (Å²) in [6, 6.07) is 10.2. The molecule has 0 saturated heterocycles. The van der Waals surface area contributed by atoms with Crippen molar-refractivity contribution in [3.8, 4) is 11.3 Å². The van der Waals surface area contributed by atoms with Gasteiger partial charge in [0.25, 0.3) is 0 Å². The van der Waals surface area contributed by atoms with E-state index in [0.717, 1.165) is 31.5 Å². The molecule has 2 heterocycles. The lowest BCUT2D eigenvalue weighted by molar-refractivity contribution is 1.09. The second kappa shape index (κ2) is 4.90. The summed E-state index contributed by atoms with van der Waals surface area (Å²) in [5.41, 5.74) is 11.3. The smallest absolute Gasteiger partial charge is 0.139 e. The van der Waals surface area contributed by atoms with Gasteiger partial charge < -0.3 is 5.73 Å². The van der Waals surface area contributed by atoms with Gasteiger partial charge in [-0.05, 0) is 75.5 Å². The van der Waals surface area contributed by atoms with Crippen LogP contribution >= 0.6 is 31.9 Å². The molecule has 2 aromatic heterocycles. The highest BCUT2D eigenvalue weighted by Crippen LogP contribution is 2.32. The number of imidazole rings is 1. The number of benzene rings is 1. The third-order valence-corrected chi connectivity index (χ3v) is 5.16. The van der Waals surface area contributed by atoms with E-state index in [4.69, 9.17) is 5.73 Å². The number of hydrogen-bond acceptors (Lipinski definition) is 2. The Bertz CT molecular complexity index is 822. The van der Waals surface area contributed by atoms with Gasteiger partial charge in [-0.3, -0.25) is 4.40 Å². The first-order chi connectivity index (χ1) is 9.47. The van der Waals surface area contributed by atoms with E-state index in [-0.39, 0.29) is 0 Å². The van der Waals surface area contributed by atoms with E-state index < -0.39 is 0 Å². The Morgan fingerprint density at radius 2 is 1.80 bits per heavy atom. The van der Waals surface area contributed by atoms with Crippen LogP contribution in [0.1, 0.15) is 11.3 Å². The Hall–Kier alpha value is -1.33. The molecule has 102 valence electrons. The van der Waals surface area contributed by atoms with Crippen LogP contribution in [-0.4, -0.2) is 9.38 Å². The molecule has 0 aliphatic rings. The normalized spacial score (nSPS) is 11.2. The summed E-state index contributed by atoms with van der Waals surface area (Å²) >= 11 is 6.99. The van der Waals surface area contributed by atoms with Crippen molar-refractivity contribution >= 4 is 43.3 Å². The largest absolute Gasteiger partial charge is 0.383 e. The predicted octanol–water partition coefficient (Wildman–Crippen LogP) is 4.73. The molecule has 0 aliphatic carbocycles. The van der Waals surface area contributed by atoms with Gasteiger partial charge in [0, 0.05) is 20.2 Å². The SMILES string of the molecule is Cc1cc(C)n2c(N)c(-c3ccc(Br)c(Br)c3)nc2c1. The highest BCUT2D eigenvalue weighted by Gasteiger charge is 2.14. The molecule has 0 atom stereocenters. The molecule has 0 fully saturated rings. The molecule has 2 N–H and O–H groups in total. The molecule has 0 unspecified atom stereocenters. The number of pyridine rings is 1. The van der Waals surface area contributed by atoms with Crippen LogP contribution in [0.25, 0.3) is 16.9 Å². The van der Waals surface area contributed by atoms with Gasteiger partial charge in [-0.15, -0.1) is 0 Å². The summed E-state index contributed by atoms with van der Waals surface area (Å²) in [7, 11) is 0. The van der Waals surface area contributed by atoms with Crippen LogP contribution in [-0.2, 0) is 0 Å². The Balaban J connectivity index is 2.29. The second-order valence-electron chi connectivity index (χ2n) is 4.84. The van der Waals surface area contributed by atoms with Crippen molar-refractivity contribution in [3.63, 3.8) is 0 Å². The van der Waals surface area contributed by atoms with E-state index in [1.54, 1.807) is 0 Å². The van der Waals surface area contributed by atoms with Crippen LogP contribution in [0.2, 0.25) is 0 Å². The zero-order valence-corrected chi connectivity index (χ0v) is 14.3. The van der Waals surface area contributed by atoms with E-state index in [2.05, 4.69) is 49.8 Å². The fourth-order valence-corrected chi connectivity index (χ4v) is 3.04. The average molecular weight is 395 g/mol. The second-order valence-corrected chi connectivity index (χ2v) is 6.55. The monoisotopic (exact) mass is 393 g/mol. The van der Waals surface area contributed by atoms with E-state index >= 15 is 0 Å². The van der Waals surface area contributed by atoms with E-state index in [0.29, 0.717) is 5.82 Å². The van der Waals surface area contributed by atoms with Crippen LogP contribution < -0.4 is 5.73 Å². The molecule has 1 aromatic carbocycles. The minimum Gasteiger partial charge on any atom is -0.383 e. The summed E-state index contributed by atoms with van der Waals surface area (Å²) in [4.78, 5) is 4.68. The summed E-state index contributed by atoms with van der Waals surface area (Å²) in [6.07, 6.45) is 0. The van der Waals surface area contributed by atoms with Crippen LogP contribution in [0.15, 0.2) is 39.3 Å². The summed E-state index contributed by atoms with van der Waals surface area (Å²) in [5.74, 6) is 0.673. The number of halogens is 2. The average Bonchev–Trinajstić information content (AvgIpc) is 2.70. The highest BCUT2D eigenvalue weighted by molar-refractivity contribution is 9.13. The third-order valence-electron chi connectivity index (χ3n) is 3.28. The van der Waals surface area contributed by atoms with E-state index in [1.807, 2.05) is 35.6 Å². The quantitative estimate of drug-likeness (QED) is 0.648. The number of nitrogens with zero attached hydrogens (tertiary/aromatic N) is 2. The Morgan fingerprint density at radius 3 is 2.50 bits per heavy atom. The van der Waals surface area contributed by atoms with Gasteiger partial charge in [0.2, 0.25) is 0 Å². The molecule has 0 aliphatic heterocycles. The third kappa shape index (κ3) is 2.15. The van der Waals surface area contributed by atoms with Gasteiger partial charge in [-0.25, -0.2) is 4.98 Å². The van der Waals surface area contributed by atoms with Crippen molar-refractivity contribution < 1.29 is 0 Å². The van der Waals surface area contributed by atoms with Gasteiger partial charge in [-0.1, -0.05) is 6.07 Å². The molecule has 3 rings (SSSR count). The van der Waals surface area contributed by atoms with Gasteiger partial charge in [0.1, 0.15) is 17.2 Å². The number of aryl methyl sites for hydroxylation is 2. The Kier molecular flexibility index (Phi) is 3.34. The zero-order valence-electron chi connectivity index (χ0n) is 11.1. The maximum atomic E-state index is 6.28. The topological polar surface area (TPSA) is 43.3 Å². The standard InChI is InChI=1S/C15H13Br2N3/c1-8-5-9(2)20-13(6-8)19-14(15(20)18)10-3-4-11(16)12(17)7-10/h3-7H,18H2,1-2H3. The van der Waals surface area contributed by atoms with Crippen molar-refractivity contribution in [1.29, 1.82) is 0 Å². The van der Waals surface area contributed by atoms with E-state index in [9.17, 15) is 0 Å². The zero-order chi connectivity index (χ0) is 14.4. The first-order valence-corrected chi connectivity index (χ1v) is 7.76. The number of rotatable bonds is 1. The van der Waals surface area contributed by atoms with Crippen molar-refractivity contribution in [2.24, 2.45) is 0 Å². The number of nitrogen functional groups attached to an aromatic ring is 1. The van der Waals surface area contributed by atoms with Crippen molar-refractivity contribution in [3.05, 3.63) is 50.5 Å². The van der Waals surface area contributed by atoms with Gasteiger partial charge in [0.05, 0.1) is 0 Å². The number of nitrogens with two attached hydrogens (primary N) is 1. The molecule has 0 amide bonds. The molecule has 20 heavy (non-hydrogen) atoms. The Labute approximate surface area is 134 Å². The molecule has 0 saturated carbocycles. The van der Waals surface area contributed by atoms with Gasteiger partial charge in [-0.2, -0.15) is 0 Å². The fraction of sp³-hybridized carbons (Fsp3) is 0.133. The molecule has 5 heteroatoms. The lowest BCUT2D eigenvalue weighted by atomic mass is 10.1. The molecular weight excluding hydrogens is 382 g/mol. The van der Waals surface area contributed by atoms with E-state index in [1.165, 1.54) is 5.56 Å². The summed E-state index contributed by atoms with van der Waals surface area (Å²) in [5, 5.41) is 0. The van der Waals surface area contributed by atoms with Crippen LogP contribution in [0, 0.1) is 13.8 Å². The fourth-order valence-electron chi connectivity index (χ4n) is 2.41. The predicted molar refractivity (Wildman–Crippen MR) is 89.9 cm³/mol.